The molecule has 0 amide bonds. The number of nitrogens with zero attached hydrogens (tertiary/aromatic N) is 3. The molecule has 1 saturated heterocycles. The molecule has 0 N–H and O–H groups in total. The zero-order chi connectivity index (χ0) is 20.8. The predicted molar refractivity (Wildman–Crippen MR) is 112 cm³/mol. The quantitative estimate of drug-likeness (QED) is 0.561. The minimum Gasteiger partial charge on any atom is -0.493 e. The topological polar surface area (TPSA) is 65.8 Å². The lowest BCUT2D eigenvalue weighted by molar-refractivity contribution is -0.0614. The summed E-state index contributed by atoms with van der Waals surface area (Å²) < 4.78 is 18.2. The minimum atomic E-state index is -0.523. The summed E-state index contributed by atoms with van der Waals surface area (Å²) >= 11 is 0. The first-order valence-electron chi connectivity index (χ1n) is 9.97. The van der Waals surface area contributed by atoms with Gasteiger partial charge >= 0.3 is 5.97 Å². The number of methoxy groups -OCH3 is 1. The van der Waals surface area contributed by atoms with Crippen LogP contribution < -0.4 is 4.74 Å². The molecule has 7 nitrogen and oxygen atoms in total. The third-order valence-electron chi connectivity index (χ3n) is 4.99. The Morgan fingerprint density at radius 2 is 1.87 bits per heavy atom. The molecule has 30 heavy (non-hydrogen) atoms. The first-order chi connectivity index (χ1) is 14.7. The molecule has 0 bridgehead atoms. The van der Waals surface area contributed by atoms with Crippen molar-refractivity contribution in [2.45, 2.75) is 12.6 Å². The van der Waals surface area contributed by atoms with Gasteiger partial charge in [0.2, 0.25) is 5.69 Å². The van der Waals surface area contributed by atoms with Gasteiger partial charge in [0.25, 0.3) is 0 Å². The number of ether oxygens (including phenoxy) is 3. The van der Waals surface area contributed by atoms with Gasteiger partial charge < -0.3 is 14.2 Å². The van der Waals surface area contributed by atoms with Crippen molar-refractivity contribution in [3.63, 3.8) is 0 Å². The zero-order valence-corrected chi connectivity index (χ0v) is 16.9. The Morgan fingerprint density at radius 1 is 1.13 bits per heavy atom. The average Bonchev–Trinajstić information content (AvgIpc) is 3.24. The van der Waals surface area contributed by atoms with Crippen LogP contribution in [0.5, 0.6) is 5.75 Å². The summed E-state index contributed by atoms with van der Waals surface area (Å²) in [6, 6.07) is 19.8. The normalized spacial score (nSPS) is 16.9. The van der Waals surface area contributed by atoms with Crippen LogP contribution in [0.2, 0.25) is 0 Å². The molecule has 1 aliphatic rings. The van der Waals surface area contributed by atoms with Crippen LogP contribution in [0.1, 0.15) is 16.1 Å². The van der Waals surface area contributed by atoms with E-state index < -0.39 is 5.97 Å². The summed E-state index contributed by atoms with van der Waals surface area (Å²) in [5.74, 6) is -0.149. The number of esters is 1. The van der Waals surface area contributed by atoms with Crippen LogP contribution in [-0.4, -0.2) is 60.2 Å². The molecule has 156 valence electrons. The van der Waals surface area contributed by atoms with Crippen molar-refractivity contribution >= 4 is 5.97 Å². The van der Waals surface area contributed by atoms with Gasteiger partial charge in [-0.2, -0.15) is 5.10 Å². The molecule has 0 spiro atoms. The van der Waals surface area contributed by atoms with E-state index in [-0.39, 0.29) is 18.4 Å². The van der Waals surface area contributed by atoms with Crippen molar-refractivity contribution in [2.24, 2.45) is 0 Å². The van der Waals surface area contributed by atoms with Crippen LogP contribution in [0.3, 0.4) is 0 Å². The van der Waals surface area contributed by atoms with Crippen molar-refractivity contribution in [2.75, 3.05) is 33.4 Å². The molecule has 1 unspecified atom stereocenters. The van der Waals surface area contributed by atoms with E-state index in [1.807, 2.05) is 48.5 Å². The molecular weight excluding hydrogens is 382 g/mol. The number of hydrogen-bond donors (Lipinski definition) is 0. The Bertz CT molecular complexity index is 959. The van der Waals surface area contributed by atoms with Gasteiger partial charge in [-0.15, -0.1) is 0 Å². The van der Waals surface area contributed by atoms with Crippen molar-refractivity contribution in [3.05, 3.63) is 78.1 Å². The second kappa shape index (κ2) is 9.56. The summed E-state index contributed by atoms with van der Waals surface area (Å²) in [6.45, 7) is 3.20. The van der Waals surface area contributed by atoms with E-state index in [9.17, 15) is 4.79 Å². The maximum absolute atomic E-state index is 12.6. The first kappa shape index (κ1) is 20.1. The maximum Gasteiger partial charge on any atom is 0.362 e. The number of benzene rings is 2. The lowest BCUT2D eigenvalue weighted by Crippen LogP contribution is -2.44. The number of aromatic nitrogens is 2. The maximum atomic E-state index is 12.6. The number of hydrogen-bond acceptors (Lipinski definition) is 6. The molecule has 2 aromatic carbocycles. The zero-order valence-electron chi connectivity index (χ0n) is 16.9. The van der Waals surface area contributed by atoms with Crippen LogP contribution in [0.25, 0.3) is 5.69 Å². The van der Waals surface area contributed by atoms with Gasteiger partial charge in [0.05, 0.1) is 25.6 Å². The van der Waals surface area contributed by atoms with Gasteiger partial charge in [0.15, 0.2) is 5.75 Å². The van der Waals surface area contributed by atoms with Gasteiger partial charge in [0, 0.05) is 19.6 Å². The fourth-order valence-electron chi connectivity index (χ4n) is 3.47. The van der Waals surface area contributed by atoms with Gasteiger partial charge in [0.1, 0.15) is 12.7 Å². The summed E-state index contributed by atoms with van der Waals surface area (Å²) in [5, 5.41) is 4.35. The summed E-state index contributed by atoms with van der Waals surface area (Å²) in [4.78, 5) is 14.9. The Morgan fingerprint density at radius 3 is 2.60 bits per heavy atom. The highest BCUT2D eigenvalue weighted by Crippen LogP contribution is 2.21. The molecule has 0 aliphatic carbocycles. The van der Waals surface area contributed by atoms with Crippen LogP contribution in [0, 0.1) is 0 Å². The monoisotopic (exact) mass is 407 g/mol. The lowest BCUT2D eigenvalue weighted by Gasteiger charge is -2.32. The number of morpholine rings is 1. The van der Waals surface area contributed by atoms with Crippen LogP contribution in [-0.2, 0) is 16.0 Å². The Kier molecular flexibility index (Phi) is 6.41. The highest BCUT2D eigenvalue weighted by molar-refractivity contribution is 5.90. The van der Waals surface area contributed by atoms with Crippen molar-refractivity contribution in [3.8, 4) is 11.4 Å². The van der Waals surface area contributed by atoms with Crippen LogP contribution >= 0.6 is 0 Å². The average molecular weight is 407 g/mol. The standard InChI is InChI=1S/C23H25N3O4/c1-28-21-16-26(19-10-6-3-7-11-19)24-22(21)23(27)30-17-20-15-25(12-13-29-20)14-18-8-4-2-5-9-18/h2-11,16,20H,12-15,17H2,1H3. The minimum absolute atomic E-state index is 0.151. The first-order valence-corrected chi connectivity index (χ1v) is 9.97. The van der Waals surface area contributed by atoms with Crippen LogP contribution in [0.15, 0.2) is 66.9 Å². The highest BCUT2D eigenvalue weighted by atomic mass is 16.6. The van der Waals surface area contributed by atoms with Gasteiger partial charge in [-0.3, -0.25) is 4.90 Å². The lowest BCUT2D eigenvalue weighted by atomic mass is 10.2. The molecule has 1 aromatic heterocycles. The molecule has 3 aromatic rings. The van der Waals surface area contributed by atoms with Gasteiger partial charge in [-0.05, 0) is 17.7 Å². The Hall–Kier alpha value is -3.16. The van der Waals surface area contributed by atoms with E-state index in [1.54, 1.807) is 10.9 Å². The SMILES string of the molecule is COc1cn(-c2ccccc2)nc1C(=O)OCC1CN(Cc2ccccc2)CCO1. The van der Waals surface area contributed by atoms with Gasteiger partial charge in [-0.25, -0.2) is 9.48 Å². The molecule has 1 aliphatic heterocycles. The molecule has 7 heteroatoms. The molecule has 1 atom stereocenters. The second-order valence-electron chi connectivity index (χ2n) is 7.14. The smallest absolute Gasteiger partial charge is 0.362 e. The van der Waals surface area contributed by atoms with E-state index in [2.05, 4.69) is 22.1 Å². The van der Waals surface area contributed by atoms with Crippen molar-refractivity contribution in [1.29, 1.82) is 0 Å². The highest BCUT2D eigenvalue weighted by Gasteiger charge is 2.25. The molecule has 2 heterocycles. The van der Waals surface area contributed by atoms with Crippen molar-refractivity contribution in [1.82, 2.24) is 14.7 Å². The summed E-state index contributed by atoms with van der Waals surface area (Å²) in [7, 11) is 1.51. The fraction of sp³-hybridized carbons (Fsp3) is 0.304. The summed E-state index contributed by atoms with van der Waals surface area (Å²) in [5.41, 5.74) is 2.24. The molecule has 0 saturated carbocycles. The summed E-state index contributed by atoms with van der Waals surface area (Å²) in [6.07, 6.45) is 1.50. The van der Waals surface area contributed by atoms with Crippen molar-refractivity contribution < 1.29 is 19.0 Å². The molecule has 0 radical (unpaired) electrons. The van der Waals surface area contributed by atoms with E-state index in [1.165, 1.54) is 12.7 Å². The van der Waals surface area contributed by atoms with Gasteiger partial charge in [-0.1, -0.05) is 48.5 Å². The van der Waals surface area contributed by atoms with E-state index in [0.717, 1.165) is 18.8 Å². The third-order valence-corrected chi connectivity index (χ3v) is 4.99. The number of para-hydroxylation sites is 1. The Balaban J connectivity index is 1.35. The molecular formula is C23H25N3O4. The third kappa shape index (κ3) is 4.87. The number of carbonyl (C=O) groups excluding carboxylic acids is 1. The van der Waals surface area contributed by atoms with E-state index in [4.69, 9.17) is 14.2 Å². The van der Waals surface area contributed by atoms with Crippen LogP contribution in [0.4, 0.5) is 0 Å². The number of carbonyl (C=O) groups is 1. The van der Waals surface area contributed by atoms with E-state index >= 15 is 0 Å². The molecule has 1 fully saturated rings. The van der Waals surface area contributed by atoms with E-state index in [0.29, 0.717) is 18.9 Å². The number of rotatable bonds is 7. The molecule has 4 rings (SSSR count). The Labute approximate surface area is 175 Å². The predicted octanol–water partition coefficient (Wildman–Crippen LogP) is 2.94. The fourth-order valence-corrected chi connectivity index (χ4v) is 3.47. The second-order valence-corrected chi connectivity index (χ2v) is 7.14. The largest absolute Gasteiger partial charge is 0.493 e.